The molecule has 0 radical (unpaired) electrons. The number of aromatic nitrogens is 2. The van der Waals surface area contributed by atoms with Gasteiger partial charge in [0.1, 0.15) is 0 Å². The van der Waals surface area contributed by atoms with Crippen molar-refractivity contribution in [1.82, 2.24) is 15.1 Å². The second-order valence-electron chi connectivity index (χ2n) is 4.94. The number of nitrogens with zero attached hydrogens (tertiary/aromatic N) is 2. The molecule has 0 saturated heterocycles. The lowest BCUT2D eigenvalue weighted by molar-refractivity contribution is 0.108. The third-order valence-corrected chi connectivity index (χ3v) is 3.66. The van der Waals surface area contributed by atoms with Gasteiger partial charge in [0, 0.05) is 19.3 Å². The summed E-state index contributed by atoms with van der Waals surface area (Å²) in [4.78, 5) is 0. The number of nitrogens with one attached hydrogen (secondary N) is 1. The molecule has 1 aliphatic carbocycles. The first-order chi connectivity index (χ1) is 8.29. The Balaban J connectivity index is 1.69. The lowest BCUT2D eigenvalue weighted by Gasteiger charge is -2.25. The number of rotatable bonds is 5. The number of aryl methyl sites for hydroxylation is 1. The minimum absolute atomic E-state index is 0.0484. The fraction of sp³-hybridized carbons (Fsp3) is 0.769. The Hall–Kier alpha value is -0.870. The van der Waals surface area contributed by atoms with Gasteiger partial charge < -0.3 is 10.4 Å². The van der Waals surface area contributed by atoms with Crippen LogP contribution in [0, 0.1) is 5.92 Å². The molecule has 0 unspecified atom stereocenters. The highest BCUT2D eigenvalue weighted by atomic mass is 16.3. The Morgan fingerprint density at radius 1 is 1.41 bits per heavy atom. The van der Waals surface area contributed by atoms with Crippen molar-refractivity contribution in [2.45, 2.75) is 51.8 Å². The van der Waals surface area contributed by atoms with Crippen molar-refractivity contribution >= 4 is 0 Å². The summed E-state index contributed by atoms with van der Waals surface area (Å²) in [5, 5.41) is 17.2. The van der Waals surface area contributed by atoms with E-state index in [4.69, 9.17) is 0 Å². The Morgan fingerprint density at radius 3 is 2.88 bits per heavy atom. The summed E-state index contributed by atoms with van der Waals surface area (Å²) in [5.74, 6) is 0.733. The van der Waals surface area contributed by atoms with Gasteiger partial charge in [-0.2, -0.15) is 5.10 Å². The first kappa shape index (κ1) is 12.6. The van der Waals surface area contributed by atoms with E-state index in [-0.39, 0.29) is 6.10 Å². The Labute approximate surface area is 103 Å². The van der Waals surface area contributed by atoms with Gasteiger partial charge in [0.25, 0.3) is 0 Å². The summed E-state index contributed by atoms with van der Waals surface area (Å²) in [7, 11) is 0. The second-order valence-corrected chi connectivity index (χ2v) is 4.94. The molecule has 1 aromatic rings. The molecule has 1 aliphatic rings. The van der Waals surface area contributed by atoms with E-state index in [0.717, 1.165) is 51.2 Å². The highest BCUT2D eigenvalue weighted by Gasteiger charge is 2.18. The fourth-order valence-corrected chi connectivity index (χ4v) is 2.55. The van der Waals surface area contributed by atoms with Crippen molar-refractivity contribution in [2.75, 3.05) is 6.54 Å². The van der Waals surface area contributed by atoms with Crippen molar-refractivity contribution in [1.29, 1.82) is 0 Å². The molecule has 4 heteroatoms. The fourth-order valence-electron chi connectivity index (χ4n) is 2.55. The van der Waals surface area contributed by atoms with Gasteiger partial charge in [-0.15, -0.1) is 0 Å². The van der Waals surface area contributed by atoms with Gasteiger partial charge in [-0.25, -0.2) is 0 Å². The molecule has 0 spiro atoms. The van der Waals surface area contributed by atoms with Gasteiger partial charge in [0.05, 0.1) is 11.8 Å². The summed E-state index contributed by atoms with van der Waals surface area (Å²) in [5.41, 5.74) is 1.25. The van der Waals surface area contributed by atoms with Crippen LogP contribution >= 0.6 is 0 Å². The maximum Gasteiger partial charge on any atom is 0.0540 e. The van der Waals surface area contributed by atoms with E-state index < -0.39 is 0 Å². The molecule has 1 aromatic heterocycles. The van der Waals surface area contributed by atoms with Crippen LogP contribution in [0.5, 0.6) is 0 Å². The minimum atomic E-state index is -0.0484. The number of aliphatic hydroxyl groups is 1. The first-order valence-corrected chi connectivity index (χ1v) is 6.69. The monoisotopic (exact) mass is 237 g/mol. The molecule has 0 amide bonds. The van der Waals surface area contributed by atoms with Crippen LogP contribution in [-0.4, -0.2) is 27.5 Å². The molecule has 96 valence electrons. The summed E-state index contributed by atoms with van der Waals surface area (Å²) in [6, 6.07) is 2.07. The molecular weight excluding hydrogens is 214 g/mol. The topological polar surface area (TPSA) is 50.1 Å². The van der Waals surface area contributed by atoms with Crippen molar-refractivity contribution in [3.8, 4) is 0 Å². The predicted octanol–water partition coefficient (Wildman–Crippen LogP) is 1.54. The molecule has 0 aromatic carbocycles. The van der Waals surface area contributed by atoms with E-state index in [1.807, 2.05) is 10.9 Å². The molecule has 0 aliphatic heterocycles. The standard InChI is InChI=1S/C13H23N3O/c1-2-16-12(7-8-15-16)10-14-9-11-3-5-13(17)6-4-11/h7-8,11,13-14,17H,2-6,9-10H2,1H3. The molecule has 2 N–H and O–H groups in total. The zero-order valence-electron chi connectivity index (χ0n) is 10.6. The van der Waals surface area contributed by atoms with Crippen LogP contribution in [0.4, 0.5) is 0 Å². The van der Waals surface area contributed by atoms with Crippen molar-refractivity contribution in [2.24, 2.45) is 5.92 Å². The molecule has 2 rings (SSSR count). The average molecular weight is 237 g/mol. The van der Waals surface area contributed by atoms with Gasteiger partial charge in [-0.1, -0.05) is 0 Å². The van der Waals surface area contributed by atoms with Crippen LogP contribution in [0.3, 0.4) is 0 Å². The highest BCUT2D eigenvalue weighted by molar-refractivity contribution is 4.99. The summed E-state index contributed by atoms with van der Waals surface area (Å²) in [6.07, 6.45) is 6.06. The van der Waals surface area contributed by atoms with Gasteiger partial charge in [0.2, 0.25) is 0 Å². The molecule has 0 bridgehead atoms. The number of hydrogen-bond donors (Lipinski definition) is 2. The van der Waals surface area contributed by atoms with E-state index in [1.165, 1.54) is 5.69 Å². The maximum atomic E-state index is 9.44. The van der Waals surface area contributed by atoms with Crippen LogP contribution in [0.2, 0.25) is 0 Å². The average Bonchev–Trinajstić information content (AvgIpc) is 2.79. The lowest BCUT2D eigenvalue weighted by Crippen LogP contribution is -2.28. The molecule has 1 saturated carbocycles. The van der Waals surface area contributed by atoms with Crippen LogP contribution < -0.4 is 5.32 Å². The van der Waals surface area contributed by atoms with Crippen molar-refractivity contribution in [3.05, 3.63) is 18.0 Å². The summed E-state index contributed by atoms with van der Waals surface area (Å²) < 4.78 is 2.03. The molecule has 0 atom stereocenters. The van der Waals surface area contributed by atoms with E-state index in [2.05, 4.69) is 23.4 Å². The zero-order chi connectivity index (χ0) is 12.1. The van der Waals surface area contributed by atoms with Gasteiger partial charge in [-0.3, -0.25) is 4.68 Å². The van der Waals surface area contributed by atoms with Crippen LogP contribution in [0.15, 0.2) is 12.3 Å². The zero-order valence-corrected chi connectivity index (χ0v) is 10.6. The van der Waals surface area contributed by atoms with Gasteiger partial charge in [-0.05, 0) is 51.1 Å². The van der Waals surface area contributed by atoms with E-state index >= 15 is 0 Å². The van der Waals surface area contributed by atoms with E-state index in [9.17, 15) is 5.11 Å². The molecular formula is C13H23N3O. The SMILES string of the molecule is CCn1nccc1CNCC1CCC(O)CC1. The van der Waals surface area contributed by atoms with Crippen LogP contribution in [0.25, 0.3) is 0 Å². The summed E-state index contributed by atoms with van der Waals surface area (Å²) >= 11 is 0. The quantitative estimate of drug-likeness (QED) is 0.817. The van der Waals surface area contributed by atoms with Gasteiger partial charge >= 0.3 is 0 Å². The molecule has 4 nitrogen and oxygen atoms in total. The van der Waals surface area contributed by atoms with Crippen molar-refractivity contribution < 1.29 is 5.11 Å². The minimum Gasteiger partial charge on any atom is -0.393 e. The van der Waals surface area contributed by atoms with E-state index in [1.54, 1.807) is 0 Å². The normalized spacial score (nSPS) is 25.1. The largest absolute Gasteiger partial charge is 0.393 e. The number of aliphatic hydroxyl groups excluding tert-OH is 1. The first-order valence-electron chi connectivity index (χ1n) is 6.69. The lowest BCUT2D eigenvalue weighted by atomic mass is 9.87. The third-order valence-electron chi connectivity index (χ3n) is 3.66. The number of hydrogen-bond acceptors (Lipinski definition) is 3. The molecule has 1 fully saturated rings. The van der Waals surface area contributed by atoms with E-state index in [0.29, 0.717) is 0 Å². The smallest absolute Gasteiger partial charge is 0.0540 e. The van der Waals surface area contributed by atoms with Gasteiger partial charge in [0.15, 0.2) is 0 Å². The Morgan fingerprint density at radius 2 is 2.18 bits per heavy atom. The Bertz CT molecular complexity index is 329. The maximum absolute atomic E-state index is 9.44. The Kier molecular flexibility index (Phi) is 4.57. The molecule has 17 heavy (non-hydrogen) atoms. The third kappa shape index (κ3) is 3.54. The molecule has 1 heterocycles. The highest BCUT2D eigenvalue weighted by Crippen LogP contribution is 2.23. The van der Waals surface area contributed by atoms with Crippen LogP contribution in [0.1, 0.15) is 38.3 Å². The van der Waals surface area contributed by atoms with Crippen molar-refractivity contribution in [3.63, 3.8) is 0 Å². The predicted molar refractivity (Wildman–Crippen MR) is 67.6 cm³/mol. The summed E-state index contributed by atoms with van der Waals surface area (Å²) in [6.45, 7) is 4.99. The van der Waals surface area contributed by atoms with Crippen LogP contribution in [-0.2, 0) is 13.1 Å². The second kappa shape index (κ2) is 6.17.